The van der Waals surface area contributed by atoms with Gasteiger partial charge in [0.05, 0.1) is 0 Å². The fourth-order valence-corrected chi connectivity index (χ4v) is 3.63. The quantitative estimate of drug-likeness (QED) is 0.821. The van der Waals surface area contributed by atoms with Crippen molar-refractivity contribution >= 4 is 0 Å². The number of nitrogens with two attached hydrogens (primary N) is 1. The van der Waals surface area contributed by atoms with Crippen LogP contribution in [0, 0.1) is 6.92 Å². The zero-order valence-corrected chi connectivity index (χ0v) is 11.2. The summed E-state index contributed by atoms with van der Waals surface area (Å²) in [7, 11) is 0. The van der Waals surface area contributed by atoms with Crippen LogP contribution in [0.4, 0.5) is 0 Å². The molecule has 0 radical (unpaired) electrons. The molecule has 1 saturated carbocycles. The first-order valence-corrected chi connectivity index (χ1v) is 7.22. The predicted molar refractivity (Wildman–Crippen MR) is 74.0 cm³/mol. The molecule has 1 aliphatic carbocycles. The Morgan fingerprint density at radius 1 is 1.28 bits per heavy atom. The molecular formula is C16H23NO. The minimum Gasteiger partial charge on any atom is -0.487 e. The molecule has 2 nitrogen and oxygen atoms in total. The molecule has 0 saturated heterocycles. The number of hydrogen-bond donors (Lipinski definition) is 1. The van der Waals surface area contributed by atoms with E-state index in [9.17, 15) is 0 Å². The van der Waals surface area contributed by atoms with Crippen LogP contribution < -0.4 is 10.5 Å². The topological polar surface area (TPSA) is 35.2 Å². The Kier molecular flexibility index (Phi) is 3.06. The summed E-state index contributed by atoms with van der Waals surface area (Å²) in [6.07, 6.45) is 7.49. The SMILES string of the molecule is Cc1ccc2c(c1)C(CN)CC1(CCCCC1)O2. The molecule has 1 fully saturated rings. The monoisotopic (exact) mass is 245 g/mol. The van der Waals surface area contributed by atoms with Crippen molar-refractivity contribution < 1.29 is 4.74 Å². The second kappa shape index (κ2) is 4.58. The van der Waals surface area contributed by atoms with Gasteiger partial charge in [0.25, 0.3) is 0 Å². The summed E-state index contributed by atoms with van der Waals surface area (Å²) in [4.78, 5) is 0. The van der Waals surface area contributed by atoms with Gasteiger partial charge in [-0.25, -0.2) is 0 Å². The number of benzene rings is 1. The molecular weight excluding hydrogens is 222 g/mol. The lowest BCUT2D eigenvalue weighted by Gasteiger charge is -2.44. The maximum Gasteiger partial charge on any atom is 0.123 e. The molecule has 1 spiro atoms. The molecule has 98 valence electrons. The fourth-order valence-electron chi connectivity index (χ4n) is 3.63. The molecule has 2 N–H and O–H groups in total. The average Bonchev–Trinajstić information content (AvgIpc) is 2.39. The van der Waals surface area contributed by atoms with E-state index in [4.69, 9.17) is 10.5 Å². The van der Waals surface area contributed by atoms with Gasteiger partial charge in [-0.15, -0.1) is 0 Å². The normalized spacial score (nSPS) is 25.6. The third kappa shape index (κ3) is 2.03. The molecule has 2 aliphatic rings. The van der Waals surface area contributed by atoms with Crippen molar-refractivity contribution in [2.75, 3.05) is 6.54 Å². The second-order valence-corrected chi connectivity index (χ2v) is 6.02. The van der Waals surface area contributed by atoms with Crippen molar-refractivity contribution in [2.45, 2.75) is 57.0 Å². The van der Waals surface area contributed by atoms with Crippen molar-refractivity contribution in [2.24, 2.45) is 5.73 Å². The zero-order chi connectivity index (χ0) is 12.6. The largest absolute Gasteiger partial charge is 0.487 e. The van der Waals surface area contributed by atoms with Crippen LogP contribution in [0.25, 0.3) is 0 Å². The molecule has 1 heterocycles. The van der Waals surface area contributed by atoms with Gasteiger partial charge in [0.1, 0.15) is 11.4 Å². The van der Waals surface area contributed by atoms with E-state index in [-0.39, 0.29) is 5.60 Å². The van der Waals surface area contributed by atoms with Gasteiger partial charge in [0, 0.05) is 5.92 Å². The van der Waals surface area contributed by atoms with Crippen LogP contribution in [0.15, 0.2) is 18.2 Å². The lowest BCUT2D eigenvalue weighted by Crippen LogP contribution is -2.44. The van der Waals surface area contributed by atoms with E-state index in [0.717, 1.165) is 18.7 Å². The minimum atomic E-state index is 0.0878. The first kappa shape index (κ1) is 12.0. The summed E-state index contributed by atoms with van der Waals surface area (Å²) < 4.78 is 6.39. The number of fused-ring (bicyclic) bond motifs is 1. The van der Waals surface area contributed by atoms with Gasteiger partial charge in [0.2, 0.25) is 0 Å². The molecule has 0 aromatic heterocycles. The third-order valence-corrected chi connectivity index (χ3v) is 4.60. The third-order valence-electron chi connectivity index (χ3n) is 4.60. The summed E-state index contributed by atoms with van der Waals surface area (Å²) in [5, 5.41) is 0. The van der Waals surface area contributed by atoms with E-state index in [1.165, 1.54) is 43.2 Å². The standard InChI is InChI=1S/C16H23NO/c1-12-5-6-15-14(9-12)13(11-17)10-16(18-15)7-3-2-4-8-16/h5-6,9,13H,2-4,7-8,10-11,17H2,1H3. The number of hydrogen-bond acceptors (Lipinski definition) is 2. The number of aryl methyl sites for hydroxylation is 1. The Balaban J connectivity index is 1.96. The van der Waals surface area contributed by atoms with Gasteiger partial charge < -0.3 is 10.5 Å². The lowest BCUT2D eigenvalue weighted by atomic mass is 9.74. The van der Waals surface area contributed by atoms with E-state index in [1.54, 1.807) is 0 Å². The molecule has 1 aliphatic heterocycles. The average molecular weight is 245 g/mol. The Bertz CT molecular complexity index is 435. The van der Waals surface area contributed by atoms with Gasteiger partial charge >= 0.3 is 0 Å². The molecule has 1 atom stereocenters. The Morgan fingerprint density at radius 2 is 2.06 bits per heavy atom. The van der Waals surface area contributed by atoms with Crippen LogP contribution in [0.1, 0.15) is 55.6 Å². The summed E-state index contributed by atoms with van der Waals surface area (Å²) in [5.41, 5.74) is 8.72. The van der Waals surface area contributed by atoms with E-state index in [0.29, 0.717) is 5.92 Å². The smallest absolute Gasteiger partial charge is 0.123 e. The first-order chi connectivity index (χ1) is 8.72. The van der Waals surface area contributed by atoms with Gasteiger partial charge in [-0.05, 0) is 57.2 Å². The van der Waals surface area contributed by atoms with Gasteiger partial charge in [-0.1, -0.05) is 24.1 Å². The van der Waals surface area contributed by atoms with Crippen molar-refractivity contribution in [1.29, 1.82) is 0 Å². The van der Waals surface area contributed by atoms with E-state index >= 15 is 0 Å². The van der Waals surface area contributed by atoms with Crippen LogP contribution in [0.3, 0.4) is 0 Å². The molecule has 1 unspecified atom stereocenters. The van der Waals surface area contributed by atoms with Crippen LogP contribution in [-0.4, -0.2) is 12.1 Å². The number of rotatable bonds is 1. The lowest BCUT2D eigenvalue weighted by molar-refractivity contribution is 0.00217. The highest BCUT2D eigenvalue weighted by atomic mass is 16.5. The van der Waals surface area contributed by atoms with Crippen LogP contribution in [0.5, 0.6) is 5.75 Å². The van der Waals surface area contributed by atoms with E-state index in [1.807, 2.05) is 0 Å². The maximum absolute atomic E-state index is 6.39. The zero-order valence-electron chi connectivity index (χ0n) is 11.2. The van der Waals surface area contributed by atoms with Gasteiger partial charge in [-0.3, -0.25) is 0 Å². The molecule has 2 heteroatoms. The van der Waals surface area contributed by atoms with Crippen molar-refractivity contribution in [3.63, 3.8) is 0 Å². The van der Waals surface area contributed by atoms with Crippen molar-refractivity contribution in [3.05, 3.63) is 29.3 Å². The Morgan fingerprint density at radius 3 is 2.78 bits per heavy atom. The summed E-state index contributed by atoms with van der Waals surface area (Å²) in [5.74, 6) is 1.57. The summed E-state index contributed by atoms with van der Waals surface area (Å²) in [6, 6.07) is 6.54. The molecule has 1 aromatic carbocycles. The van der Waals surface area contributed by atoms with Gasteiger partial charge in [-0.2, -0.15) is 0 Å². The fraction of sp³-hybridized carbons (Fsp3) is 0.625. The highest BCUT2D eigenvalue weighted by Crippen LogP contribution is 2.46. The molecule has 18 heavy (non-hydrogen) atoms. The highest BCUT2D eigenvalue weighted by Gasteiger charge is 2.41. The second-order valence-electron chi connectivity index (χ2n) is 6.02. The van der Waals surface area contributed by atoms with Crippen LogP contribution in [0.2, 0.25) is 0 Å². The van der Waals surface area contributed by atoms with E-state index in [2.05, 4.69) is 25.1 Å². The summed E-state index contributed by atoms with van der Waals surface area (Å²) in [6.45, 7) is 2.88. The Hall–Kier alpha value is -1.02. The van der Waals surface area contributed by atoms with Crippen molar-refractivity contribution in [1.82, 2.24) is 0 Å². The van der Waals surface area contributed by atoms with Crippen molar-refractivity contribution in [3.8, 4) is 5.75 Å². The van der Waals surface area contributed by atoms with Crippen LogP contribution >= 0.6 is 0 Å². The number of ether oxygens (including phenoxy) is 1. The van der Waals surface area contributed by atoms with E-state index < -0.39 is 0 Å². The predicted octanol–water partition coefficient (Wildman–Crippen LogP) is 3.52. The Labute approximate surface area is 110 Å². The van der Waals surface area contributed by atoms with Gasteiger partial charge in [0.15, 0.2) is 0 Å². The molecule has 1 aromatic rings. The molecule has 3 rings (SSSR count). The molecule has 0 bridgehead atoms. The summed E-state index contributed by atoms with van der Waals surface area (Å²) >= 11 is 0. The highest BCUT2D eigenvalue weighted by molar-refractivity contribution is 5.42. The first-order valence-electron chi connectivity index (χ1n) is 7.22. The maximum atomic E-state index is 6.39. The minimum absolute atomic E-state index is 0.0878. The van der Waals surface area contributed by atoms with Crippen LogP contribution in [-0.2, 0) is 0 Å². The molecule has 0 amide bonds.